The number of hydrogen-bond donors (Lipinski definition) is 1. The van der Waals surface area contributed by atoms with Gasteiger partial charge in [0.2, 0.25) is 0 Å². The summed E-state index contributed by atoms with van der Waals surface area (Å²) in [7, 11) is 0. The first-order valence-electron chi connectivity index (χ1n) is 4.63. The molecule has 0 unspecified atom stereocenters. The van der Waals surface area contributed by atoms with Crippen molar-refractivity contribution in [2.24, 2.45) is 5.73 Å². The van der Waals surface area contributed by atoms with Crippen LogP contribution in [0.5, 0.6) is 0 Å². The average molecular weight is 193 g/mol. The van der Waals surface area contributed by atoms with Crippen molar-refractivity contribution < 1.29 is 4.39 Å². The summed E-state index contributed by atoms with van der Waals surface area (Å²) in [5.74, 6) is -0.246. The minimum atomic E-state index is -0.246. The van der Waals surface area contributed by atoms with Crippen LogP contribution in [-0.2, 0) is 6.42 Å². The lowest BCUT2D eigenvalue weighted by molar-refractivity contribution is 0.617. The SMILES string of the molecule is NCCCc1cnc2ccc(F)cn12. The Labute approximate surface area is 81.4 Å². The van der Waals surface area contributed by atoms with E-state index >= 15 is 0 Å². The molecule has 3 nitrogen and oxygen atoms in total. The Morgan fingerprint density at radius 3 is 3.07 bits per heavy atom. The van der Waals surface area contributed by atoms with Gasteiger partial charge in [-0.15, -0.1) is 0 Å². The Morgan fingerprint density at radius 2 is 2.29 bits per heavy atom. The minimum Gasteiger partial charge on any atom is -0.330 e. The summed E-state index contributed by atoms with van der Waals surface area (Å²) in [6.07, 6.45) is 4.95. The van der Waals surface area contributed by atoms with Crippen LogP contribution in [0.3, 0.4) is 0 Å². The van der Waals surface area contributed by atoms with E-state index in [9.17, 15) is 4.39 Å². The lowest BCUT2D eigenvalue weighted by Gasteiger charge is -2.00. The first-order chi connectivity index (χ1) is 6.81. The van der Waals surface area contributed by atoms with Crippen LogP contribution in [0.2, 0.25) is 0 Å². The fourth-order valence-corrected chi connectivity index (χ4v) is 1.47. The smallest absolute Gasteiger partial charge is 0.139 e. The molecule has 0 fully saturated rings. The van der Waals surface area contributed by atoms with Gasteiger partial charge in [0.1, 0.15) is 11.5 Å². The van der Waals surface area contributed by atoms with Crippen molar-refractivity contribution in [1.82, 2.24) is 9.38 Å². The third-order valence-corrected chi connectivity index (χ3v) is 2.18. The molecule has 0 radical (unpaired) electrons. The standard InChI is InChI=1S/C10H12FN3/c11-8-3-4-10-13-6-9(2-1-5-12)14(10)7-8/h3-4,6-7H,1-2,5,12H2. The highest BCUT2D eigenvalue weighted by atomic mass is 19.1. The zero-order valence-corrected chi connectivity index (χ0v) is 7.78. The molecule has 0 aliphatic rings. The summed E-state index contributed by atoms with van der Waals surface area (Å²) in [6.45, 7) is 0.641. The lowest BCUT2D eigenvalue weighted by atomic mass is 10.2. The first kappa shape index (κ1) is 9.15. The predicted octanol–water partition coefficient (Wildman–Crippen LogP) is 1.36. The van der Waals surface area contributed by atoms with E-state index in [0.29, 0.717) is 6.54 Å². The van der Waals surface area contributed by atoms with Gasteiger partial charge in [0, 0.05) is 18.1 Å². The monoisotopic (exact) mass is 193 g/mol. The Kier molecular flexibility index (Phi) is 2.45. The second-order valence-corrected chi connectivity index (χ2v) is 3.22. The lowest BCUT2D eigenvalue weighted by Crippen LogP contribution is -2.02. The second-order valence-electron chi connectivity index (χ2n) is 3.22. The minimum absolute atomic E-state index is 0.246. The number of fused-ring (bicyclic) bond motifs is 1. The Hall–Kier alpha value is -1.42. The van der Waals surface area contributed by atoms with Crippen molar-refractivity contribution in [3.8, 4) is 0 Å². The van der Waals surface area contributed by atoms with Crippen LogP contribution in [0.4, 0.5) is 4.39 Å². The molecule has 2 rings (SSSR count). The molecule has 2 heterocycles. The number of aromatic nitrogens is 2. The van der Waals surface area contributed by atoms with E-state index in [-0.39, 0.29) is 5.82 Å². The maximum atomic E-state index is 12.9. The van der Waals surface area contributed by atoms with Crippen LogP contribution >= 0.6 is 0 Å². The third kappa shape index (κ3) is 1.61. The molecule has 0 saturated heterocycles. The maximum Gasteiger partial charge on any atom is 0.139 e. The number of rotatable bonds is 3. The van der Waals surface area contributed by atoms with Crippen molar-refractivity contribution in [3.63, 3.8) is 0 Å². The molecule has 0 aliphatic heterocycles. The molecule has 14 heavy (non-hydrogen) atoms. The summed E-state index contributed by atoms with van der Waals surface area (Å²) < 4.78 is 14.7. The highest BCUT2D eigenvalue weighted by Crippen LogP contribution is 2.09. The molecule has 0 bridgehead atoms. The second kappa shape index (κ2) is 3.75. The Morgan fingerprint density at radius 1 is 1.43 bits per heavy atom. The maximum absolute atomic E-state index is 12.9. The summed E-state index contributed by atoms with van der Waals surface area (Å²) in [5.41, 5.74) is 7.20. The number of imidazole rings is 1. The summed E-state index contributed by atoms with van der Waals surface area (Å²) in [4.78, 5) is 4.17. The van der Waals surface area contributed by atoms with Gasteiger partial charge in [0.05, 0.1) is 0 Å². The molecular formula is C10H12FN3. The van der Waals surface area contributed by atoms with Crippen LogP contribution < -0.4 is 5.73 Å². The summed E-state index contributed by atoms with van der Waals surface area (Å²) in [6, 6.07) is 3.08. The molecule has 74 valence electrons. The molecule has 2 N–H and O–H groups in total. The van der Waals surface area contributed by atoms with Gasteiger partial charge in [0.25, 0.3) is 0 Å². The van der Waals surface area contributed by atoms with Crippen LogP contribution in [0.25, 0.3) is 5.65 Å². The predicted molar refractivity (Wildman–Crippen MR) is 52.5 cm³/mol. The van der Waals surface area contributed by atoms with E-state index in [2.05, 4.69) is 4.98 Å². The van der Waals surface area contributed by atoms with Crippen molar-refractivity contribution in [2.45, 2.75) is 12.8 Å². The summed E-state index contributed by atoms with van der Waals surface area (Å²) in [5, 5.41) is 0. The number of nitrogens with zero attached hydrogens (tertiary/aromatic N) is 2. The molecule has 0 atom stereocenters. The van der Waals surface area contributed by atoms with E-state index in [4.69, 9.17) is 5.73 Å². The topological polar surface area (TPSA) is 43.3 Å². The van der Waals surface area contributed by atoms with Crippen LogP contribution in [0.1, 0.15) is 12.1 Å². The zero-order chi connectivity index (χ0) is 9.97. The molecule has 2 aromatic rings. The van der Waals surface area contributed by atoms with Crippen LogP contribution in [-0.4, -0.2) is 15.9 Å². The third-order valence-electron chi connectivity index (χ3n) is 2.18. The van der Waals surface area contributed by atoms with Gasteiger partial charge >= 0.3 is 0 Å². The van der Waals surface area contributed by atoms with Crippen molar-refractivity contribution >= 4 is 5.65 Å². The highest BCUT2D eigenvalue weighted by Gasteiger charge is 2.02. The zero-order valence-electron chi connectivity index (χ0n) is 7.78. The number of nitrogens with two attached hydrogens (primary N) is 1. The fraction of sp³-hybridized carbons (Fsp3) is 0.300. The van der Waals surface area contributed by atoms with Gasteiger partial charge in [0.15, 0.2) is 0 Å². The van der Waals surface area contributed by atoms with Crippen molar-refractivity contribution in [1.29, 1.82) is 0 Å². The quantitative estimate of drug-likeness (QED) is 0.799. The largest absolute Gasteiger partial charge is 0.330 e. The van der Waals surface area contributed by atoms with Gasteiger partial charge in [-0.1, -0.05) is 0 Å². The van der Waals surface area contributed by atoms with E-state index in [1.807, 2.05) is 0 Å². The van der Waals surface area contributed by atoms with E-state index in [1.54, 1.807) is 16.7 Å². The van der Waals surface area contributed by atoms with E-state index < -0.39 is 0 Å². The van der Waals surface area contributed by atoms with Gasteiger partial charge in [-0.3, -0.25) is 0 Å². The molecule has 0 aromatic carbocycles. The van der Waals surface area contributed by atoms with Crippen LogP contribution in [0, 0.1) is 5.82 Å². The highest BCUT2D eigenvalue weighted by molar-refractivity contribution is 5.40. The number of aryl methyl sites for hydroxylation is 1. The molecule has 4 heteroatoms. The van der Waals surface area contributed by atoms with Crippen molar-refractivity contribution in [2.75, 3.05) is 6.54 Å². The first-order valence-corrected chi connectivity index (χ1v) is 4.63. The molecule has 0 saturated carbocycles. The van der Waals surface area contributed by atoms with Gasteiger partial charge in [-0.25, -0.2) is 9.37 Å². The molecule has 0 amide bonds. The molecular weight excluding hydrogens is 181 g/mol. The van der Waals surface area contributed by atoms with E-state index in [0.717, 1.165) is 24.2 Å². The normalized spacial score (nSPS) is 11.0. The fourth-order valence-electron chi connectivity index (χ4n) is 1.47. The van der Waals surface area contributed by atoms with Gasteiger partial charge in [-0.05, 0) is 31.5 Å². The number of hydrogen-bond acceptors (Lipinski definition) is 2. The Bertz CT molecular complexity index is 436. The summed E-state index contributed by atoms with van der Waals surface area (Å²) >= 11 is 0. The van der Waals surface area contributed by atoms with Crippen LogP contribution in [0.15, 0.2) is 24.5 Å². The van der Waals surface area contributed by atoms with Gasteiger partial charge < -0.3 is 10.1 Å². The molecule has 0 spiro atoms. The van der Waals surface area contributed by atoms with Crippen molar-refractivity contribution in [3.05, 3.63) is 36.0 Å². The van der Waals surface area contributed by atoms with E-state index in [1.165, 1.54) is 12.3 Å². The number of pyridine rings is 1. The average Bonchev–Trinajstić information content (AvgIpc) is 2.57. The Balaban J connectivity index is 2.40. The number of halogens is 1. The molecule has 0 aliphatic carbocycles. The van der Waals surface area contributed by atoms with Gasteiger partial charge in [-0.2, -0.15) is 0 Å². The molecule has 2 aromatic heterocycles.